The molecule has 0 fully saturated rings. The van der Waals surface area contributed by atoms with Gasteiger partial charge >= 0.3 is 0 Å². The Morgan fingerprint density at radius 2 is 2.00 bits per heavy atom. The molecule has 5 heteroatoms. The van der Waals surface area contributed by atoms with Gasteiger partial charge in [-0.3, -0.25) is 9.59 Å². The second kappa shape index (κ2) is 7.38. The maximum atomic E-state index is 12.3. The Labute approximate surface area is 147 Å². The summed E-state index contributed by atoms with van der Waals surface area (Å²) in [6.45, 7) is 2.59. The number of nitrogens with one attached hydrogen (secondary N) is 1. The molecule has 2 aromatic rings. The van der Waals surface area contributed by atoms with E-state index in [1.807, 2.05) is 43.3 Å². The van der Waals surface area contributed by atoms with Gasteiger partial charge in [0.2, 0.25) is 5.91 Å². The highest BCUT2D eigenvalue weighted by Crippen LogP contribution is 2.26. The first kappa shape index (κ1) is 17.0. The minimum absolute atomic E-state index is 0.00642. The molecule has 2 aromatic carbocycles. The molecule has 5 nitrogen and oxygen atoms in total. The van der Waals surface area contributed by atoms with Crippen LogP contribution in [0.25, 0.3) is 0 Å². The van der Waals surface area contributed by atoms with Crippen LogP contribution in [-0.2, 0) is 22.6 Å². The number of carbonyl (C=O) groups excluding carboxylic acids is 2. The summed E-state index contributed by atoms with van der Waals surface area (Å²) in [5, 5.41) is 2.83. The zero-order chi connectivity index (χ0) is 17.8. The van der Waals surface area contributed by atoms with E-state index in [0.29, 0.717) is 25.1 Å². The van der Waals surface area contributed by atoms with Crippen LogP contribution in [0.15, 0.2) is 42.5 Å². The highest BCUT2D eigenvalue weighted by atomic mass is 16.5. The first-order chi connectivity index (χ1) is 12.0. The number of anilines is 1. The van der Waals surface area contributed by atoms with E-state index in [1.165, 1.54) is 5.56 Å². The molecule has 0 bridgehead atoms. The van der Waals surface area contributed by atoms with Gasteiger partial charge in [0, 0.05) is 25.7 Å². The summed E-state index contributed by atoms with van der Waals surface area (Å²) in [6, 6.07) is 13.5. The standard InChI is InChI=1S/C20H22N2O3/c1-14-5-3-4-6-16(14)12-22(2)20(24)13-25-17-8-9-18-15(11-17)7-10-19(23)21-18/h3-6,8-9,11H,7,10,12-13H2,1-2H3,(H,21,23). The number of rotatable bonds is 5. The van der Waals surface area contributed by atoms with Gasteiger partial charge in [0.1, 0.15) is 5.75 Å². The Morgan fingerprint density at radius 3 is 2.80 bits per heavy atom. The fraction of sp³-hybridized carbons (Fsp3) is 0.300. The molecule has 0 spiro atoms. The van der Waals surface area contributed by atoms with Crippen molar-refractivity contribution >= 4 is 17.5 Å². The number of fused-ring (bicyclic) bond motifs is 1. The first-order valence-electron chi connectivity index (χ1n) is 8.37. The summed E-state index contributed by atoms with van der Waals surface area (Å²) in [4.78, 5) is 25.4. The van der Waals surface area contributed by atoms with Crippen molar-refractivity contribution in [2.45, 2.75) is 26.3 Å². The molecule has 25 heavy (non-hydrogen) atoms. The lowest BCUT2D eigenvalue weighted by molar-refractivity contribution is -0.132. The van der Waals surface area contributed by atoms with E-state index < -0.39 is 0 Å². The number of hydrogen-bond acceptors (Lipinski definition) is 3. The number of benzene rings is 2. The molecular weight excluding hydrogens is 316 g/mol. The topological polar surface area (TPSA) is 58.6 Å². The molecule has 0 saturated heterocycles. The van der Waals surface area contributed by atoms with Crippen LogP contribution in [0.5, 0.6) is 5.75 Å². The molecule has 1 aliphatic rings. The number of ether oxygens (including phenoxy) is 1. The minimum Gasteiger partial charge on any atom is -0.484 e. The summed E-state index contributed by atoms with van der Waals surface area (Å²) < 4.78 is 5.65. The van der Waals surface area contributed by atoms with Crippen LogP contribution in [-0.4, -0.2) is 30.4 Å². The molecule has 1 aliphatic heterocycles. The van der Waals surface area contributed by atoms with Gasteiger partial charge in [0.25, 0.3) is 5.91 Å². The van der Waals surface area contributed by atoms with Crippen molar-refractivity contribution in [3.8, 4) is 5.75 Å². The van der Waals surface area contributed by atoms with Crippen molar-refractivity contribution in [1.29, 1.82) is 0 Å². The van der Waals surface area contributed by atoms with Gasteiger partial charge in [-0.25, -0.2) is 0 Å². The fourth-order valence-corrected chi connectivity index (χ4v) is 2.84. The quantitative estimate of drug-likeness (QED) is 0.912. The lowest BCUT2D eigenvalue weighted by atomic mass is 10.0. The number of hydrogen-bond donors (Lipinski definition) is 1. The highest BCUT2D eigenvalue weighted by Gasteiger charge is 2.16. The molecule has 0 saturated carbocycles. The summed E-state index contributed by atoms with van der Waals surface area (Å²) >= 11 is 0. The van der Waals surface area contributed by atoms with Crippen molar-refractivity contribution in [1.82, 2.24) is 4.90 Å². The van der Waals surface area contributed by atoms with E-state index in [4.69, 9.17) is 4.74 Å². The molecule has 0 atom stereocenters. The second-order valence-corrected chi connectivity index (χ2v) is 6.33. The van der Waals surface area contributed by atoms with Gasteiger partial charge in [-0.1, -0.05) is 24.3 Å². The van der Waals surface area contributed by atoms with Gasteiger partial charge in [-0.05, 0) is 48.2 Å². The average Bonchev–Trinajstić information content (AvgIpc) is 2.61. The maximum Gasteiger partial charge on any atom is 0.260 e. The molecule has 0 unspecified atom stereocenters. The Balaban J connectivity index is 1.57. The molecular formula is C20H22N2O3. The van der Waals surface area contributed by atoms with E-state index in [0.717, 1.165) is 16.8 Å². The van der Waals surface area contributed by atoms with E-state index in [9.17, 15) is 9.59 Å². The molecule has 3 rings (SSSR count). The number of likely N-dealkylation sites (N-methyl/N-ethyl adjacent to an activating group) is 1. The Kier molecular flexibility index (Phi) is 5.03. The number of nitrogens with zero attached hydrogens (tertiary/aromatic N) is 1. The van der Waals surface area contributed by atoms with Crippen LogP contribution >= 0.6 is 0 Å². The largest absolute Gasteiger partial charge is 0.484 e. The molecule has 0 aromatic heterocycles. The van der Waals surface area contributed by atoms with Gasteiger partial charge in [-0.2, -0.15) is 0 Å². The molecule has 2 amide bonds. The molecule has 130 valence electrons. The van der Waals surface area contributed by atoms with Crippen LogP contribution in [0, 0.1) is 6.92 Å². The highest BCUT2D eigenvalue weighted by molar-refractivity contribution is 5.94. The number of carbonyl (C=O) groups is 2. The lowest BCUT2D eigenvalue weighted by Gasteiger charge is -2.20. The van der Waals surface area contributed by atoms with Crippen molar-refractivity contribution in [2.24, 2.45) is 0 Å². The van der Waals surface area contributed by atoms with Gasteiger partial charge in [-0.15, -0.1) is 0 Å². The summed E-state index contributed by atoms with van der Waals surface area (Å²) in [5.74, 6) is 0.607. The Morgan fingerprint density at radius 1 is 1.20 bits per heavy atom. The van der Waals surface area contributed by atoms with Crippen molar-refractivity contribution < 1.29 is 14.3 Å². The van der Waals surface area contributed by atoms with E-state index in [-0.39, 0.29) is 18.4 Å². The van der Waals surface area contributed by atoms with Gasteiger partial charge < -0.3 is 15.0 Å². The lowest BCUT2D eigenvalue weighted by Crippen LogP contribution is -2.31. The third kappa shape index (κ3) is 4.18. The first-order valence-corrected chi connectivity index (χ1v) is 8.37. The molecule has 1 N–H and O–H groups in total. The maximum absolute atomic E-state index is 12.3. The zero-order valence-electron chi connectivity index (χ0n) is 14.5. The summed E-state index contributed by atoms with van der Waals surface area (Å²) in [7, 11) is 1.78. The van der Waals surface area contributed by atoms with Crippen molar-refractivity contribution in [3.05, 3.63) is 59.2 Å². The number of amides is 2. The zero-order valence-corrected chi connectivity index (χ0v) is 14.5. The predicted molar refractivity (Wildman–Crippen MR) is 96.5 cm³/mol. The second-order valence-electron chi connectivity index (χ2n) is 6.33. The molecule has 1 heterocycles. The normalized spacial score (nSPS) is 13.0. The van der Waals surface area contributed by atoms with Crippen LogP contribution in [0.2, 0.25) is 0 Å². The average molecular weight is 338 g/mol. The summed E-state index contributed by atoms with van der Waals surface area (Å²) in [6.07, 6.45) is 1.17. The molecule has 0 aliphatic carbocycles. The van der Waals surface area contributed by atoms with Crippen molar-refractivity contribution in [2.75, 3.05) is 19.0 Å². The van der Waals surface area contributed by atoms with Gasteiger partial charge in [0.05, 0.1) is 0 Å². The SMILES string of the molecule is Cc1ccccc1CN(C)C(=O)COc1ccc2c(c1)CCC(=O)N2. The van der Waals surface area contributed by atoms with E-state index in [2.05, 4.69) is 5.32 Å². The minimum atomic E-state index is -0.0747. The van der Waals surface area contributed by atoms with E-state index in [1.54, 1.807) is 18.0 Å². The van der Waals surface area contributed by atoms with Gasteiger partial charge in [0.15, 0.2) is 6.61 Å². The monoisotopic (exact) mass is 338 g/mol. The third-order valence-corrected chi connectivity index (χ3v) is 4.43. The van der Waals surface area contributed by atoms with E-state index >= 15 is 0 Å². The van der Waals surface area contributed by atoms with Crippen LogP contribution in [0.4, 0.5) is 5.69 Å². The number of aryl methyl sites for hydroxylation is 2. The summed E-state index contributed by atoms with van der Waals surface area (Å²) in [5.41, 5.74) is 4.16. The van der Waals surface area contributed by atoms with Crippen LogP contribution < -0.4 is 10.1 Å². The predicted octanol–water partition coefficient (Wildman–Crippen LogP) is 2.92. The molecule has 0 radical (unpaired) electrons. The smallest absolute Gasteiger partial charge is 0.260 e. The Hall–Kier alpha value is -2.82. The fourth-order valence-electron chi connectivity index (χ4n) is 2.84. The van der Waals surface area contributed by atoms with Crippen molar-refractivity contribution in [3.63, 3.8) is 0 Å². The van der Waals surface area contributed by atoms with Crippen LogP contribution in [0.3, 0.4) is 0 Å². The Bertz CT molecular complexity index is 801. The third-order valence-electron chi connectivity index (χ3n) is 4.43. The van der Waals surface area contributed by atoms with Crippen LogP contribution in [0.1, 0.15) is 23.1 Å².